The van der Waals surface area contributed by atoms with Crippen molar-refractivity contribution in [2.45, 2.75) is 52.6 Å². The first kappa shape index (κ1) is 23.9. The molecule has 2 heterocycles. The summed E-state index contributed by atoms with van der Waals surface area (Å²) >= 11 is 0. The zero-order chi connectivity index (χ0) is 24.6. The SMILES string of the molecule is CC(C)COCC1(CC(O)c2ccccn2)CCC2=Cc3c(cnn3-c3cccc(F)c3)CC21C. The van der Waals surface area contributed by atoms with Crippen LogP contribution in [0.4, 0.5) is 4.39 Å². The number of halogens is 1. The predicted octanol–water partition coefficient (Wildman–Crippen LogP) is 5.93. The molecule has 6 heteroatoms. The quantitative estimate of drug-likeness (QED) is 0.439. The summed E-state index contributed by atoms with van der Waals surface area (Å²) in [5.74, 6) is 0.171. The molecule has 3 aromatic rings. The highest BCUT2D eigenvalue weighted by Crippen LogP contribution is 2.63. The van der Waals surface area contributed by atoms with Gasteiger partial charge in [0.1, 0.15) is 5.82 Å². The highest BCUT2D eigenvalue weighted by Gasteiger charge is 2.56. The first-order valence-electron chi connectivity index (χ1n) is 12.5. The highest BCUT2D eigenvalue weighted by molar-refractivity contribution is 5.62. The van der Waals surface area contributed by atoms with Crippen LogP contribution in [0.15, 0.2) is 60.4 Å². The van der Waals surface area contributed by atoms with Gasteiger partial charge in [0.2, 0.25) is 0 Å². The third-order valence-corrected chi connectivity index (χ3v) is 7.99. The summed E-state index contributed by atoms with van der Waals surface area (Å²) in [7, 11) is 0. The fourth-order valence-electron chi connectivity index (χ4n) is 6.00. The molecule has 0 saturated heterocycles. The van der Waals surface area contributed by atoms with Gasteiger partial charge >= 0.3 is 0 Å². The van der Waals surface area contributed by atoms with E-state index < -0.39 is 6.10 Å². The number of pyridine rings is 1. The molecule has 3 unspecified atom stereocenters. The van der Waals surface area contributed by atoms with E-state index in [1.807, 2.05) is 35.1 Å². The predicted molar refractivity (Wildman–Crippen MR) is 134 cm³/mol. The molecule has 1 saturated carbocycles. The molecule has 35 heavy (non-hydrogen) atoms. The van der Waals surface area contributed by atoms with Gasteiger partial charge in [-0.1, -0.05) is 38.5 Å². The van der Waals surface area contributed by atoms with Crippen molar-refractivity contribution in [3.05, 3.63) is 83.2 Å². The molecule has 1 aromatic carbocycles. The van der Waals surface area contributed by atoms with Gasteiger partial charge in [-0.2, -0.15) is 5.10 Å². The van der Waals surface area contributed by atoms with Gasteiger partial charge in [-0.25, -0.2) is 9.07 Å². The third kappa shape index (κ3) is 4.34. The van der Waals surface area contributed by atoms with Gasteiger partial charge < -0.3 is 9.84 Å². The van der Waals surface area contributed by atoms with Crippen LogP contribution in [0.25, 0.3) is 11.8 Å². The van der Waals surface area contributed by atoms with Crippen LogP contribution in [0, 0.1) is 22.6 Å². The Hall–Kier alpha value is -2.83. The summed E-state index contributed by atoms with van der Waals surface area (Å²) in [4.78, 5) is 4.42. The van der Waals surface area contributed by atoms with Crippen molar-refractivity contribution in [2.24, 2.45) is 16.7 Å². The first-order valence-corrected chi connectivity index (χ1v) is 12.5. The molecular weight excluding hydrogens is 441 g/mol. The minimum atomic E-state index is -0.661. The summed E-state index contributed by atoms with van der Waals surface area (Å²) < 4.78 is 22.0. The number of nitrogens with zero attached hydrogens (tertiary/aromatic N) is 3. The molecule has 1 N–H and O–H groups in total. The van der Waals surface area contributed by atoms with Gasteiger partial charge in [0.25, 0.3) is 0 Å². The normalized spacial score (nSPS) is 24.2. The Bertz CT molecular complexity index is 1220. The molecule has 0 bridgehead atoms. The first-order chi connectivity index (χ1) is 16.8. The zero-order valence-corrected chi connectivity index (χ0v) is 20.7. The number of fused-ring (bicyclic) bond motifs is 2. The lowest BCUT2D eigenvalue weighted by molar-refractivity contribution is -0.0502. The number of hydrogen-bond acceptors (Lipinski definition) is 4. The maximum atomic E-state index is 13.9. The van der Waals surface area contributed by atoms with E-state index in [0.29, 0.717) is 31.2 Å². The molecule has 3 atom stereocenters. The zero-order valence-electron chi connectivity index (χ0n) is 20.7. The van der Waals surface area contributed by atoms with Gasteiger partial charge in [-0.15, -0.1) is 0 Å². The van der Waals surface area contributed by atoms with Crippen molar-refractivity contribution in [3.8, 4) is 5.69 Å². The van der Waals surface area contributed by atoms with Crippen LogP contribution in [0.1, 0.15) is 63.1 Å². The average molecular weight is 476 g/mol. The van der Waals surface area contributed by atoms with E-state index in [2.05, 4.69) is 36.9 Å². The molecule has 1 fully saturated rings. The van der Waals surface area contributed by atoms with E-state index in [-0.39, 0.29) is 16.6 Å². The Kier molecular flexibility index (Phi) is 6.36. The second-order valence-electron chi connectivity index (χ2n) is 10.8. The largest absolute Gasteiger partial charge is 0.387 e. The third-order valence-electron chi connectivity index (χ3n) is 7.99. The summed E-state index contributed by atoms with van der Waals surface area (Å²) in [6.45, 7) is 7.92. The smallest absolute Gasteiger partial charge is 0.125 e. The van der Waals surface area contributed by atoms with Crippen LogP contribution in [0.2, 0.25) is 0 Å². The Morgan fingerprint density at radius 2 is 2.06 bits per heavy atom. The van der Waals surface area contributed by atoms with Crippen LogP contribution in [-0.2, 0) is 11.2 Å². The van der Waals surface area contributed by atoms with Gasteiger partial charge in [0.15, 0.2) is 0 Å². The lowest BCUT2D eigenvalue weighted by atomic mass is 9.59. The number of aliphatic hydroxyl groups is 1. The van der Waals surface area contributed by atoms with Crippen molar-refractivity contribution in [1.82, 2.24) is 14.8 Å². The molecule has 0 radical (unpaired) electrons. The second-order valence-corrected chi connectivity index (χ2v) is 10.8. The van der Waals surface area contributed by atoms with E-state index in [1.54, 1.807) is 12.3 Å². The topological polar surface area (TPSA) is 60.2 Å². The van der Waals surface area contributed by atoms with Gasteiger partial charge in [0, 0.05) is 23.6 Å². The Labute approximate surface area is 206 Å². The molecule has 2 aliphatic rings. The standard InChI is InChI=1S/C29H34FN3O2/c1-20(2)18-35-19-29(16-27(34)25-9-4-5-12-31-25)11-10-22-13-26-21(15-28(22,29)3)17-32-33(26)24-8-6-7-23(30)14-24/h4-9,12-14,17,20,27,34H,10-11,15-16,18-19H2,1-3H3. The molecule has 184 valence electrons. The number of aromatic nitrogens is 3. The fourth-order valence-corrected chi connectivity index (χ4v) is 6.00. The minimum Gasteiger partial charge on any atom is -0.387 e. The van der Waals surface area contributed by atoms with Crippen LogP contribution < -0.4 is 0 Å². The number of benzene rings is 1. The van der Waals surface area contributed by atoms with Crippen LogP contribution in [-0.4, -0.2) is 33.1 Å². The summed E-state index contributed by atoms with van der Waals surface area (Å²) in [5, 5.41) is 15.9. The molecule has 5 rings (SSSR count). The minimum absolute atomic E-state index is 0.178. The van der Waals surface area contributed by atoms with Crippen LogP contribution >= 0.6 is 0 Å². The van der Waals surface area contributed by atoms with Crippen molar-refractivity contribution < 1.29 is 14.2 Å². The van der Waals surface area contributed by atoms with E-state index in [0.717, 1.165) is 36.2 Å². The maximum absolute atomic E-state index is 13.9. The lowest BCUT2D eigenvalue weighted by Crippen LogP contribution is -2.44. The second kappa shape index (κ2) is 9.32. The van der Waals surface area contributed by atoms with Crippen LogP contribution in [0.3, 0.4) is 0 Å². The number of aliphatic hydroxyl groups excluding tert-OH is 1. The Balaban J connectivity index is 1.50. The fraction of sp³-hybridized carbons (Fsp3) is 0.448. The van der Waals surface area contributed by atoms with Crippen LogP contribution in [0.5, 0.6) is 0 Å². The molecule has 5 nitrogen and oxygen atoms in total. The van der Waals surface area contributed by atoms with Crippen molar-refractivity contribution in [2.75, 3.05) is 13.2 Å². The lowest BCUT2D eigenvalue weighted by Gasteiger charge is -2.47. The van der Waals surface area contributed by atoms with E-state index >= 15 is 0 Å². The number of allylic oxidation sites excluding steroid dienone is 1. The summed E-state index contributed by atoms with van der Waals surface area (Å²) in [6.07, 6.45) is 8.49. The molecule has 2 aromatic heterocycles. The monoisotopic (exact) mass is 475 g/mol. The van der Waals surface area contributed by atoms with E-state index in [9.17, 15) is 9.50 Å². The summed E-state index contributed by atoms with van der Waals surface area (Å²) in [5.41, 5.74) is 4.53. The van der Waals surface area contributed by atoms with Gasteiger partial charge in [-0.05, 0) is 73.6 Å². The average Bonchev–Trinajstić information content (AvgIpc) is 3.36. The van der Waals surface area contributed by atoms with Gasteiger partial charge in [-0.3, -0.25) is 4.98 Å². The maximum Gasteiger partial charge on any atom is 0.125 e. The number of rotatable bonds is 8. The Morgan fingerprint density at radius 3 is 2.80 bits per heavy atom. The molecular formula is C29H34FN3O2. The number of hydrogen-bond donors (Lipinski definition) is 1. The Morgan fingerprint density at radius 1 is 1.20 bits per heavy atom. The van der Waals surface area contributed by atoms with E-state index in [4.69, 9.17) is 4.74 Å². The molecule has 0 spiro atoms. The highest BCUT2D eigenvalue weighted by atomic mass is 19.1. The van der Waals surface area contributed by atoms with E-state index in [1.165, 1.54) is 17.7 Å². The number of ether oxygens (including phenoxy) is 1. The molecule has 2 aliphatic carbocycles. The molecule has 0 amide bonds. The van der Waals surface area contributed by atoms with Crippen molar-refractivity contribution in [1.29, 1.82) is 0 Å². The molecule has 0 aliphatic heterocycles. The van der Waals surface area contributed by atoms with Crippen molar-refractivity contribution >= 4 is 6.08 Å². The van der Waals surface area contributed by atoms with Crippen molar-refractivity contribution in [3.63, 3.8) is 0 Å². The van der Waals surface area contributed by atoms with Gasteiger partial charge in [0.05, 0.1) is 36.0 Å². The summed E-state index contributed by atoms with van der Waals surface area (Å²) in [6, 6.07) is 12.2.